The van der Waals surface area contributed by atoms with Crippen molar-refractivity contribution in [2.45, 2.75) is 25.8 Å². The fourth-order valence-electron chi connectivity index (χ4n) is 1.89. The first-order valence-corrected chi connectivity index (χ1v) is 6.36. The number of rotatable bonds is 5. The van der Waals surface area contributed by atoms with Crippen LogP contribution in [0.5, 0.6) is 0 Å². The number of fused-ring (bicyclic) bond motifs is 1. The summed E-state index contributed by atoms with van der Waals surface area (Å²) >= 11 is 3.41. The third-order valence-electron chi connectivity index (χ3n) is 2.67. The second kappa shape index (κ2) is 5.59. The summed E-state index contributed by atoms with van der Waals surface area (Å²) in [5.41, 5.74) is 2.34. The Morgan fingerprint density at radius 1 is 1.50 bits per heavy atom. The molecule has 88 valence electrons. The Kier molecular flexibility index (Phi) is 4.12. The number of ether oxygens (including phenoxy) is 1. The topological polar surface area (TPSA) is 39.4 Å². The first kappa shape index (κ1) is 11.8. The monoisotopic (exact) mass is 285 g/mol. The van der Waals surface area contributed by atoms with Gasteiger partial charge >= 0.3 is 0 Å². The van der Waals surface area contributed by atoms with Crippen molar-refractivity contribution < 1.29 is 4.74 Å². The lowest BCUT2D eigenvalue weighted by Gasteiger charge is -2.14. The molecule has 1 aliphatic heterocycles. The Morgan fingerprint density at radius 3 is 3.19 bits per heavy atom. The van der Waals surface area contributed by atoms with Crippen molar-refractivity contribution >= 4 is 21.6 Å². The van der Waals surface area contributed by atoms with Crippen LogP contribution in [-0.2, 0) is 11.3 Å². The molecule has 0 atom stereocenters. The van der Waals surface area contributed by atoms with Crippen molar-refractivity contribution in [1.29, 1.82) is 0 Å². The lowest BCUT2D eigenvalue weighted by Crippen LogP contribution is -2.19. The van der Waals surface area contributed by atoms with E-state index >= 15 is 0 Å². The average Bonchev–Trinajstić information content (AvgIpc) is 2.65. The van der Waals surface area contributed by atoms with Gasteiger partial charge in [-0.1, -0.05) is 0 Å². The van der Waals surface area contributed by atoms with Crippen LogP contribution in [0.2, 0.25) is 0 Å². The Bertz CT molecular complexity index is 387. The summed E-state index contributed by atoms with van der Waals surface area (Å²) in [6.07, 6.45) is 3.22. The molecule has 2 heterocycles. The second-order valence-corrected chi connectivity index (χ2v) is 4.67. The predicted molar refractivity (Wildman–Crippen MR) is 67.1 cm³/mol. The van der Waals surface area contributed by atoms with Gasteiger partial charge in [0.05, 0.1) is 24.5 Å². The van der Waals surface area contributed by atoms with Gasteiger partial charge in [-0.2, -0.15) is 5.10 Å². The van der Waals surface area contributed by atoms with Gasteiger partial charge in [-0.3, -0.25) is 9.67 Å². The van der Waals surface area contributed by atoms with Gasteiger partial charge in [0, 0.05) is 13.7 Å². The fourth-order valence-corrected chi connectivity index (χ4v) is 2.30. The van der Waals surface area contributed by atoms with Gasteiger partial charge in [0.15, 0.2) is 0 Å². The summed E-state index contributed by atoms with van der Waals surface area (Å²) in [6.45, 7) is 2.57. The van der Waals surface area contributed by atoms with Crippen LogP contribution in [0.25, 0.3) is 0 Å². The molecular weight excluding hydrogens is 270 g/mol. The van der Waals surface area contributed by atoms with Crippen LogP contribution < -0.4 is 0 Å². The van der Waals surface area contributed by atoms with E-state index in [2.05, 4.69) is 26.0 Å². The minimum Gasteiger partial charge on any atom is -0.385 e. The number of halogens is 1. The van der Waals surface area contributed by atoms with E-state index in [0.29, 0.717) is 0 Å². The van der Waals surface area contributed by atoms with E-state index in [1.807, 2.05) is 10.7 Å². The maximum atomic E-state index is 5.04. The Balaban J connectivity index is 1.96. The van der Waals surface area contributed by atoms with Gasteiger partial charge in [-0.05, 0) is 41.3 Å². The summed E-state index contributed by atoms with van der Waals surface area (Å²) in [5, 5.41) is 4.37. The predicted octanol–water partition coefficient (Wildman–Crippen LogP) is 2.27. The quantitative estimate of drug-likeness (QED) is 0.779. The summed E-state index contributed by atoms with van der Waals surface area (Å²) in [6, 6.07) is 2.05. The van der Waals surface area contributed by atoms with Crippen LogP contribution in [0.4, 0.5) is 0 Å². The lowest BCUT2D eigenvalue weighted by molar-refractivity contribution is 0.193. The third kappa shape index (κ3) is 2.71. The number of hydrogen-bond donors (Lipinski definition) is 0. The molecule has 16 heavy (non-hydrogen) atoms. The fraction of sp³-hybridized carbons (Fsp3) is 0.636. The maximum absolute atomic E-state index is 5.04. The van der Waals surface area contributed by atoms with Crippen LogP contribution in [0.15, 0.2) is 15.7 Å². The summed E-state index contributed by atoms with van der Waals surface area (Å²) < 4.78 is 7.97. The van der Waals surface area contributed by atoms with Crippen LogP contribution in [0.1, 0.15) is 25.0 Å². The molecule has 1 aliphatic rings. The van der Waals surface area contributed by atoms with E-state index in [4.69, 9.17) is 4.74 Å². The molecule has 0 saturated carbocycles. The van der Waals surface area contributed by atoms with Crippen molar-refractivity contribution in [2.24, 2.45) is 4.99 Å². The largest absolute Gasteiger partial charge is 0.385 e. The Labute approximate surface area is 104 Å². The van der Waals surface area contributed by atoms with Gasteiger partial charge in [-0.25, -0.2) is 0 Å². The highest BCUT2D eigenvalue weighted by molar-refractivity contribution is 9.10. The highest BCUT2D eigenvalue weighted by atomic mass is 79.9. The zero-order valence-corrected chi connectivity index (χ0v) is 11.0. The minimum atomic E-state index is 0.830. The molecule has 1 aromatic rings. The second-order valence-electron chi connectivity index (χ2n) is 3.85. The highest BCUT2D eigenvalue weighted by Gasteiger charge is 2.15. The van der Waals surface area contributed by atoms with E-state index in [1.54, 1.807) is 7.11 Å². The molecule has 0 unspecified atom stereocenters. The first-order valence-electron chi connectivity index (χ1n) is 5.57. The van der Waals surface area contributed by atoms with Gasteiger partial charge in [0.25, 0.3) is 0 Å². The molecule has 0 bridgehead atoms. The molecule has 4 nitrogen and oxygen atoms in total. The van der Waals surface area contributed by atoms with Crippen molar-refractivity contribution in [3.05, 3.63) is 16.4 Å². The smallest absolute Gasteiger partial charge is 0.128 e. The molecule has 2 rings (SSSR count). The van der Waals surface area contributed by atoms with Crippen LogP contribution in [0, 0.1) is 0 Å². The standard InChI is InChI=1S/C11H16BrN3O/c1-16-7-3-2-4-9-10-8-11(12)14-15(10)6-5-13-9/h8H,2-7H2,1H3. The minimum absolute atomic E-state index is 0.830. The molecule has 0 amide bonds. The van der Waals surface area contributed by atoms with Crippen molar-refractivity contribution in [1.82, 2.24) is 9.78 Å². The molecule has 0 spiro atoms. The first-order chi connectivity index (χ1) is 7.81. The SMILES string of the molecule is COCCCCC1=NCCn2nc(Br)cc21. The van der Waals surface area contributed by atoms with Crippen molar-refractivity contribution in [2.75, 3.05) is 20.3 Å². The number of aromatic nitrogens is 2. The molecule has 5 heteroatoms. The normalized spacial score (nSPS) is 14.8. The molecule has 0 aliphatic carbocycles. The van der Waals surface area contributed by atoms with Crippen molar-refractivity contribution in [3.8, 4) is 0 Å². The molecule has 0 fully saturated rings. The zero-order chi connectivity index (χ0) is 11.4. The van der Waals surface area contributed by atoms with E-state index in [-0.39, 0.29) is 0 Å². The molecule has 0 radical (unpaired) electrons. The van der Waals surface area contributed by atoms with Crippen LogP contribution in [0.3, 0.4) is 0 Å². The molecule has 0 N–H and O–H groups in total. The van der Waals surface area contributed by atoms with Gasteiger partial charge in [-0.15, -0.1) is 0 Å². The number of methoxy groups -OCH3 is 1. The number of unbranched alkanes of at least 4 members (excludes halogenated alkanes) is 1. The van der Waals surface area contributed by atoms with Crippen molar-refractivity contribution in [3.63, 3.8) is 0 Å². The van der Waals surface area contributed by atoms with E-state index in [9.17, 15) is 0 Å². The zero-order valence-electron chi connectivity index (χ0n) is 9.45. The number of hydrogen-bond acceptors (Lipinski definition) is 3. The van der Waals surface area contributed by atoms with E-state index in [0.717, 1.165) is 49.3 Å². The molecule has 0 saturated heterocycles. The average molecular weight is 286 g/mol. The maximum Gasteiger partial charge on any atom is 0.128 e. The van der Waals surface area contributed by atoms with Crippen LogP contribution >= 0.6 is 15.9 Å². The van der Waals surface area contributed by atoms with Gasteiger partial charge < -0.3 is 4.74 Å². The van der Waals surface area contributed by atoms with E-state index in [1.165, 1.54) is 5.71 Å². The summed E-state index contributed by atoms with van der Waals surface area (Å²) in [7, 11) is 1.74. The summed E-state index contributed by atoms with van der Waals surface area (Å²) in [5.74, 6) is 0. The van der Waals surface area contributed by atoms with Crippen LogP contribution in [-0.4, -0.2) is 35.8 Å². The Hall–Kier alpha value is -0.680. The van der Waals surface area contributed by atoms with Gasteiger partial charge in [0.1, 0.15) is 4.60 Å². The molecule has 1 aromatic heterocycles. The number of aliphatic imine (C=N–C) groups is 1. The molecule has 0 aromatic carbocycles. The highest BCUT2D eigenvalue weighted by Crippen LogP contribution is 2.17. The third-order valence-corrected chi connectivity index (χ3v) is 3.06. The van der Waals surface area contributed by atoms with Gasteiger partial charge in [0.2, 0.25) is 0 Å². The number of nitrogens with zero attached hydrogens (tertiary/aromatic N) is 3. The summed E-state index contributed by atoms with van der Waals surface area (Å²) in [4.78, 5) is 4.58. The lowest BCUT2D eigenvalue weighted by atomic mass is 10.1. The molecular formula is C11H16BrN3O. The van der Waals surface area contributed by atoms with E-state index < -0.39 is 0 Å². The Morgan fingerprint density at radius 2 is 2.38 bits per heavy atom.